The summed E-state index contributed by atoms with van der Waals surface area (Å²) in [6.45, 7) is 6.82. The molecule has 170 valence electrons. The molecule has 0 aliphatic rings. The Balaban J connectivity index is 1.82. The molecule has 0 aliphatic carbocycles. The van der Waals surface area contributed by atoms with Crippen LogP contribution in [0, 0.1) is 0 Å². The van der Waals surface area contributed by atoms with Crippen LogP contribution in [0.4, 0.5) is 0 Å². The number of phenols is 2. The number of aromatic nitrogens is 5. The smallest absolute Gasteiger partial charge is 0.274 e. The third-order valence-corrected chi connectivity index (χ3v) is 5.35. The second-order valence-electron chi connectivity index (χ2n) is 8.04. The lowest BCUT2D eigenvalue weighted by atomic mass is 10.0. The van der Waals surface area contributed by atoms with Gasteiger partial charge >= 0.3 is 0 Å². The Labute approximate surface area is 191 Å². The molecule has 0 saturated carbocycles. The van der Waals surface area contributed by atoms with Gasteiger partial charge in [0.25, 0.3) is 5.91 Å². The highest BCUT2D eigenvalue weighted by molar-refractivity contribution is 5.98. The molecular weight excluding hydrogens is 420 g/mol. The molecule has 2 heterocycles. The molecule has 3 N–H and O–H groups in total. The molecule has 0 bridgehead atoms. The molecule has 33 heavy (non-hydrogen) atoms. The Bertz CT molecular complexity index is 1260. The van der Waals surface area contributed by atoms with Gasteiger partial charge in [-0.25, -0.2) is 9.67 Å². The topological polar surface area (TPSA) is 118 Å². The standard InChI is InChI=1S/C24H26N6O3/c1-4-26-24(33)22-23(17-7-5-16(6-8-17)13-29-10-9-25-14-29)30(28-27-22)19-11-18(15(2)3)20(31)12-21(19)32/h5-12,14-15,31-32H,4,13H2,1-3H3,(H,26,33). The van der Waals surface area contributed by atoms with Gasteiger partial charge in [-0.05, 0) is 30.0 Å². The predicted molar refractivity (Wildman–Crippen MR) is 124 cm³/mol. The van der Waals surface area contributed by atoms with E-state index in [2.05, 4.69) is 20.6 Å². The molecule has 0 fully saturated rings. The zero-order valence-electron chi connectivity index (χ0n) is 18.7. The van der Waals surface area contributed by atoms with Crippen LogP contribution in [-0.4, -0.2) is 47.2 Å². The number of hydrogen-bond donors (Lipinski definition) is 3. The molecule has 9 nitrogen and oxygen atoms in total. The highest BCUT2D eigenvalue weighted by atomic mass is 16.3. The Morgan fingerprint density at radius 1 is 1.12 bits per heavy atom. The van der Waals surface area contributed by atoms with Gasteiger partial charge in [-0.3, -0.25) is 4.79 Å². The highest BCUT2D eigenvalue weighted by Gasteiger charge is 2.24. The maximum Gasteiger partial charge on any atom is 0.274 e. The van der Waals surface area contributed by atoms with Gasteiger partial charge < -0.3 is 20.1 Å². The van der Waals surface area contributed by atoms with Crippen molar-refractivity contribution in [2.24, 2.45) is 0 Å². The van der Waals surface area contributed by atoms with Gasteiger partial charge in [0.05, 0.1) is 6.33 Å². The summed E-state index contributed by atoms with van der Waals surface area (Å²) in [6, 6.07) is 10.7. The van der Waals surface area contributed by atoms with E-state index in [0.29, 0.717) is 35.6 Å². The zero-order valence-corrected chi connectivity index (χ0v) is 18.7. The van der Waals surface area contributed by atoms with Crippen LogP contribution in [0.2, 0.25) is 0 Å². The van der Waals surface area contributed by atoms with Gasteiger partial charge in [0.15, 0.2) is 5.69 Å². The molecule has 2 aromatic carbocycles. The number of phenolic OH excluding ortho intramolecular Hbond substituents is 2. The van der Waals surface area contributed by atoms with Crippen molar-refractivity contribution >= 4 is 5.91 Å². The lowest BCUT2D eigenvalue weighted by molar-refractivity contribution is 0.0951. The van der Waals surface area contributed by atoms with Gasteiger partial charge in [0, 0.05) is 37.1 Å². The fraction of sp³-hybridized carbons (Fsp3) is 0.250. The second-order valence-corrected chi connectivity index (χ2v) is 8.04. The first-order chi connectivity index (χ1) is 15.9. The number of carbonyl (C=O) groups is 1. The second kappa shape index (κ2) is 9.15. The molecule has 0 saturated heterocycles. The Kier molecular flexibility index (Phi) is 6.12. The normalized spacial score (nSPS) is 11.2. The fourth-order valence-electron chi connectivity index (χ4n) is 3.68. The van der Waals surface area contributed by atoms with Crippen molar-refractivity contribution in [2.45, 2.75) is 33.2 Å². The van der Waals surface area contributed by atoms with Crippen LogP contribution in [-0.2, 0) is 6.54 Å². The molecule has 0 aliphatic heterocycles. The lowest BCUT2D eigenvalue weighted by Gasteiger charge is -2.15. The van der Waals surface area contributed by atoms with Crippen LogP contribution in [0.3, 0.4) is 0 Å². The number of nitrogens with one attached hydrogen (secondary N) is 1. The van der Waals surface area contributed by atoms with Crippen LogP contribution in [0.25, 0.3) is 16.9 Å². The van der Waals surface area contributed by atoms with Crippen LogP contribution in [0.15, 0.2) is 55.1 Å². The third-order valence-electron chi connectivity index (χ3n) is 5.35. The fourth-order valence-corrected chi connectivity index (χ4v) is 3.68. The maximum absolute atomic E-state index is 12.7. The molecule has 0 unspecified atom stereocenters. The molecule has 0 spiro atoms. The number of hydrogen-bond acceptors (Lipinski definition) is 6. The van der Waals surface area contributed by atoms with E-state index in [4.69, 9.17) is 0 Å². The van der Waals surface area contributed by atoms with E-state index in [0.717, 1.165) is 5.56 Å². The average molecular weight is 447 g/mol. The molecule has 0 atom stereocenters. The quantitative estimate of drug-likeness (QED) is 0.400. The Morgan fingerprint density at radius 3 is 2.52 bits per heavy atom. The van der Waals surface area contributed by atoms with Crippen LogP contribution in [0.1, 0.15) is 48.3 Å². The first kappa shape index (κ1) is 22.1. The first-order valence-corrected chi connectivity index (χ1v) is 10.7. The number of rotatable bonds is 7. The van der Waals surface area contributed by atoms with Crippen molar-refractivity contribution in [2.75, 3.05) is 6.54 Å². The SMILES string of the molecule is CCNC(=O)c1nnn(-c2cc(C(C)C)c(O)cc2O)c1-c1ccc(Cn2ccnc2)cc1. The molecule has 4 rings (SSSR count). The van der Waals surface area contributed by atoms with Gasteiger partial charge in [0.1, 0.15) is 22.9 Å². The molecule has 9 heteroatoms. The van der Waals surface area contributed by atoms with Crippen molar-refractivity contribution in [1.82, 2.24) is 29.9 Å². The molecule has 1 amide bonds. The summed E-state index contributed by atoms with van der Waals surface area (Å²) in [4.78, 5) is 16.8. The number of carbonyl (C=O) groups excluding carboxylic acids is 1. The van der Waals surface area contributed by atoms with Gasteiger partial charge in [0.2, 0.25) is 0 Å². The largest absolute Gasteiger partial charge is 0.508 e. The van der Waals surface area contributed by atoms with Gasteiger partial charge in [-0.1, -0.05) is 43.3 Å². The molecule has 0 radical (unpaired) electrons. The zero-order chi connectivity index (χ0) is 23.5. The van der Waals surface area contributed by atoms with E-state index in [9.17, 15) is 15.0 Å². The highest BCUT2D eigenvalue weighted by Crippen LogP contribution is 2.36. The minimum Gasteiger partial charge on any atom is -0.508 e. The minimum absolute atomic E-state index is 0.000666. The monoisotopic (exact) mass is 446 g/mol. The van der Waals surface area contributed by atoms with Crippen molar-refractivity contribution in [3.63, 3.8) is 0 Å². The van der Waals surface area contributed by atoms with E-state index in [1.54, 1.807) is 18.6 Å². The summed E-state index contributed by atoms with van der Waals surface area (Å²) in [6.07, 6.45) is 5.37. The Morgan fingerprint density at radius 2 is 1.88 bits per heavy atom. The van der Waals surface area contributed by atoms with E-state index in [1.807, 2.05) is 55.8 Å². The molecule has 2 aromatic heterocycles. The van der Waals surface area contributed by atoms with Crippen molar-refractivity contribution in [3.05, 3.63) is 71.9 Å². The van der Waals surface area contributed by atoms with Crippen molar-refractivity contribution in [1.29, 1.82) is 0 Å². The average Bonchev–Trinajstić information content (AvgIpc) is 3.44. The molecular formula is C24H26N6O3. The minimum atomic E-state index is -0.358. The summed E-state index contributed by atoms with van der Waals surface area (Å²) in [7, 11) is 0. The van der Waals surface area contributed by atoms with Crippen molar-refractivity contribution in [3.8, 4) is 28.4 Å². The van der Waals surface area contributed by atoms with E-state index in [-0.39, 0.29) is 29.0 Å². The molecule has 4 aromatic rings. The lowest BCUT2D eigenvalue weighted by Crippen LogP contribution is -2.23. The van der Waals surface area contributed by atoms with Gasteiger partial charge in [-0.2, -0.15) is 0 Å². The number of imidazole rings is 1. The first-order valence-electron chi connectivity index (χ1n) is 10.7. The number of amides is 1. The number of nitrogens with zero attached hydrogens (tertiary/aromatic N) is 5. The summed E-state index contributed by atoms with van der Waals surface area (Å²) < 4.78 is 3.40. The maximum atomic E-state index is 12.7. The van der Waals surface area contributed by atoms with Crippen molar-refractivity contribution < 1.29 is 15.0 Å². The summed E-state index contributed by atoms with van der Waals surface area (Å²) in [5, 5.41) is 31.9. The Hall–Kier alpha value is -4.14. The predicted octanol–water partition coefficient (Wildman–Crippen LogP) is 3.46. The van der Waals surface area contributed by atoms with E-state index >= 15 is 0 Å². The number of aromatic hydroxyl groups is 2. The summed E-state index contributed by atoms with van der Waals surface area (Å²) >= 11 is 0. The number of benzene rings is 2. The summed E-state index contributed by atoms with van der Waals surface area (Å²) in [5.41, 5.74) is 3.36. The third kappa shape index (κ3) is 4.43. The van der Waals surface area contributed by atoms with Crippen LogP contribution in [0.5, 0.6) is 11.5 Å². The van der Waals surface area contributed by atoms with Crippen LogP contribution >= 0.6 is 0 Å². The summed E-state index contributed by atoms with van der Waals surface area (Å²) in [5.74, 6) is -0.506. The van der Waals surface area contributed by atoms with Crippen LogP contribution < -0.4 is 5.32 Å². The van der Waals surface area contributed by atoms with E-state index < -0.39 is 0 Å². The van der Waals surface area contributed by atoms with Gasteiger partial charge in [-0.15, -0.1) is 5.10 Å². The van der Waals surface area contributed by atoms with E-state index in [1.165, 1.54) is 10.7 Å².